The van der Waals surface area contributed by atoms with Crippen LogP contribution in [0.15, 0.2) is 77.8 Å². The van der Waals surface area contributed by atoms with Gasteiger partial charge in [0.15, 0.2) is 0 Å². The number of aromatic nitrogens is 1. The molecule has 0 atom stereocenters. The summed E-state index contributed by atoms with van der Waals surface area (Å²) >= 11 is 0. The number of pyridine rings is 1. The second-order valence-electron chi connectivity index (χ2n) is 9.16. The number of amides is 2. The van der Waals surface area contributed by atoms with E-state index < -0.39 is 33.1 Å². The fraction of sp³-hybridized carbons (Fsp3) is 0.179. The summed E-state index contributed by atoms with van der Waals surface area (Å²) in [6.07, 6.45) is 2.33. The molecule has 3 N–H and O–H groups in total. The number of fused-ring (bicyclic) bond motifs is 1. The Hall–Kier alpha value is -4.55. The van der Waals surface area contributed by atoms with Gasteiger partial charge in [0.25, 0.3) is 0 Å². The van der Waals surface area contributed by atoms with Gasteiger partial charge >= 0.3 is 0 Å². The first kappa shape index (κ1) is 27.0. The lowest BCUT2D eigenvalue weighted by atomic mass is 10.0. The van der Waals surface area contributed by atoms with Crippen molar-refractivity contribution in [3.8, 4) is 17.2 Å². The molecule has 40 heavy (non-hydrogen) atoms. The number of carbonyl (C=O) groups is 2. The summed E-state index contributed by atoms with van der Waals surface area (Å²) in [6, 6.07) is 16.4. The Morgan fingerprint density at radius 2 is 1.50 bits per heavy atom. The minimum Gasteiger partial charge on any atom is -0.495 e. The summed E-state index contributed by atoms with van der Waals surface area (Å²) in [4.78, 5) is 30.0. The van der Waals surface area contributed by atoms with Crippen LogP contribution in [0.1, 0.15) is 12.8 Å². The van der Waals surface area contributed by atoms with Gasteiger partial charge in [0.05, 0.1) is 12.6 Å². The summed E-state index contributed by atoms with van der Waals surface area (Å²) in [7, 11) is -1.13. The summed E-state index contributed by atoms with van der Waals surface area (Å²) in [5.41, 5.74) is 0.156. The molecule has 1 fully saturated rings. The van der Waals surface area contributed by atoms with Crippen LogP contribution < -0.4 is 24.8 Å². The van der Waals surface area contributed by atoms with Gasteiger partial charge in [-0.15, -0.1) is 0 Å². The topological polar surface area (TPSA) is 136 Å². The third-order valence-corrected chi connectivity index (χ3v) is 8.04. The maximum absolute atomic E-state index is 13.1. The average molecular weight is 565 g/mol. The van der Waals surface area contributed by atoms with Crippen molar-refractivity contribution < 1.29 is 31.9 Å². The van der Waals surface area contributed by atoms with Crippen molar-refractivity contribution in [2.45, 2.75) is 17.7 Å². The van der Waals surface area contributed by atoms with Crippen LogP contribution in [0.5, 0.6) is 17.2 Å². The van der Waals surface area contributed by atoms with Gasteiger partial charge in [0.2, 0.25) is 21.8 Å². The van der Waals surface area contributed by atoms with E-state index in [-0.39, 0.29) is 10.6 Å². The zero-order chi connectivity index (χ0) is 28.5. The fourth-order valence-electron chi connectivity index (χ4n) is 4.15. The molecule has 0 saturated heterocycles. The molecule has 206 valence electrons. The number of benzene rings is 3. The van der Waals surface area contributed by atoms with E-state index in [1.165, 1.54) is 56.8 Å². The molecule has 0 radical (unpaired) electrons. The molecule has 0 spiro atoms. The molecule has 12 heteroatoms. The smallest absolute Gasteiger partial charge is 0.244 e. The Labute approximate surface area is 229 Å². The first-order valence-electron chi connectivity index (χ1n) is 12.2. The van der Waals surface area contributed by atoms with Gasteiger partial charge in [-0.25, -0.2) is 17.5 Å². The lowest BCUT2D eigenvalue weighted by Crippen LogP contribution is -2.35. The van der Waals surface area contributed by atoms with Gasteiger partial charge in [-0.05, 0) is 80.6 Å². The number of nitrogens with one attached hydrogen (secondary N) is 3. The number of nitrogens with zero attached hydrogens (tertiary/aromatic N) is 1. The Morgan fingerprint density at radius 3 is 2.05 bits per heavy atom. The predicted octanol–water partition coefficient (Wildman–Crippen LogP) is 4.44. The minimum absolute atomic E-state index is 0.0571. The van der Waals surface area contributed by atoms with Gasteiger partial charge in [-0.2, -0.15) is 0 Å². The molecule has 1 saturated carbocycles. The second-order valence-corrected chi connectivity index (χ2v) is 11.0. The summed E-state index contributed by atoms with van der Waals surface area (Å²) in [5, 5.41) is 5.90. The van der Waals surface area contributed by atoms with Crippen molar-refractivity contribution in [1.82, 2.24) is 9.71 Å². The lowest BCUT2D eigenvalue weighted by Gasteiger charge is -2.16. The molecule has 0 aliphatic heterocycles. The molecule has 4 aromatic rings. The average Bonchev–Trinajstić information content (AvgIpc) is 3.77. The third kappa shape index (κ3) is 5.31. The molecule has 0 bridgehead atoms. The Kier molecular flexibility index (Phi) is 7.13. The first-order valence-corrected chi connectivity index (χ1v) is 13.7. The van der Waals surface area contributed by atoms with Crippen LogP contribution in [0.4, 0.5) is 15.8 Å². The number of rotatable bonds is 9. The summed E-state index contributed by atoms with van der Waals surface area (Å²) in [5.74, 6) is -0.369. The van der Waals surface area contributed by atoms with E-state index in [0.717, 1.165) is 0 Å². The Morgan fingerprint density at radius 1 is 0.900 bits per heavy atom. The predicted molar refractivity (Wildman–Crippen MR) is 146 cm³/mol. The molecule has 10 nitrogen and oxygen atoms in total. The quantitative estimate of drug-likeness (QED) is 0.256. The van der Waals surface area contributed by atoms with Gasteiger partial charge < -0.3 is 20.1 Å². The molecule has 1 aliphatic carbocycles. The monoisotopic (exact) mass is 564 g/mol. The highest BCUT2D eigenvalue weighted by atomic mass is 32.2. The highest BCUT2D eigenvalue weighted by molar-refractivity contribution is 7.89. The van der Waals surface area contributed by atoms with Crippen molar-refractivity contribution in [2.75, 3.05) is 24.8 Å². The van der Waals surface area contributed by atoms with E-state index in [1.807, 2.05) is 0 Å². The normalized spacial score (nSPS) is 13.9. The molecular weight excluding hydrogens is 539 g/mol. The number of hydrogen-bond acceptors (Lipinski definition) is 7. The summed E-state index contributed by atoms with van der Waals surface area (Å²) in [6.45, 7) is 0. The number of hydrogen-bond donors (Lipinski definition) is 3. The van der Waals surface area contributed by atoms with Crippen molar-refractivity contribution in [3.63, 3.8) is 0 Å². The van der Waals surface area contributed by atoms with E-state index in [1.54, 1.807) is 30.3 Å². The maximum atomic E-state index is 13.1. The van der Waals surface area contributed by atoms with Crippen LogP contribution in [-0.4, -0.2) is 39.4 Å². The number of methoxy groups -OCH3 is 1. The highest BCUT2D eigenvalue weighted by Gasteiger charge is 2.56. The number of carbonyl (C=O) groups excluding carboxylic acids is 2. The van der Waals surface area contributed by atoms with Crippen LogP contribution in [0, 0.1) is 11.2 Å². The van der Waals surface area contributed by atoms with E-state index in [4.69, 9.17) is 9.47 Å². The molecule has 1 aliphatic rings. The van der Waals surface area contributed by atoms with Crippen LogP contribution >= 0.6 is 0 Å². The molecular formula is C28H25FN4O6S. The molecule has 1 heterocycles. The zero-order valence-electron chi connectivity index (χ0n) is 21.5. The first-order chi connectivity index (χ1) is 19.1. The SMILES string of the molecule is CNS(=O)(=O)c1cc2c(Oc3ccc(NC(=O)C4(C(=O)Nc5ccc(F)cc5)CC4)cc3)ccnc2cc1OC. The van der Waals surface area contributed by atoms with Crippen LogP contribution in [0.2, 0.25) is 0 Å². The van der Waals surface area contributed by atoms with E-state index >= 15 is 0 Å². The number of halogens is 1. The van der Waals surface area contributed by atoms with Gasteiger partial charge in [-0.1, -0.05) is 0 Å². The molecule has 5 rings (SSSR count). The van der Waals surface area contributed by atoms with Crippen molar-refractivity contribution >= 4 is 44.1 Å². The fourth-order valence-corrected chi connectivity index (χ4v) is 5.05. The van der Waals surface area contributed by atoms with Crippen molar-refractivity contribution in [3.05, 3.63) is 78.7 Å². The summed E-state index contributed by atoms with van der Waals surface area (Å²) < 4.78 is 51.7. The van der Waals surface area contributed by atoms with Crippen molar-refractivity contribution in [2.24, 2.45) is 5.41 Å². The molecule has 1 aromatic heterocycles. The van der Waals surface area contributed by atoms with Crippen LogP contribution in [-0.2, 0) is 19.6 Å². The van der Waals surface area contributed by atoms with E-state index in [2.05, 4.69) is 20.3 Å². The maximum Gasteiger partial charge on any atom is 0.244 e. The van der Waals surface area contributed by atoms with Gasteiger partial charge in [-0.3, -0.25) is 14.6 Å². The Balaban J connectivity index is 1.31. The minimum atomic E-state index is -3.81. The molecule has 2 amide bonds. The standard InChI is InChI=1S/C28H25FN4O6S/c1-30-40(36,37)25-15-21-22(16-24(25)38-2)31-14-11-23(21)39-20-9-7-19(8-10-20)33-27(35)28(12-13-28)26(34)32-18-5-3-17(29)4-6-18/h3-11,14-16,30H,12-13H2,1-2H3,(H,32,34)(H,33,35). The zero-order valence-corrected chi connectivity index (χ0v) is 22.3. The van der Waals surface area contributed by atoms with E-state index in [9.17, 15) is 22.4 Å². The number of sulfonamides is 1. The van der Waals surface area contributed by atoms with Crippen LogP contribution in [0.3, 0.4) is 0 Å². The number of ether oxygens (including phenoxy) is 2. The molecule has 3 aromatic carbocycles. The highest BCUT2D eigenvalue weighted by Crippen LogP contribution is 2.47. The van der Waals surface area contributed by atoms with Crippen molar-refractivity contribution in [1.29, 1.82) is 0 Å². The lowest BCUT2D eigenvalue weighted by molar-refractivity contribution is -0.131. The van der Waals surface area contributed by atoms with E-state index in [0.29, 0.717) is 46.6 Å². The third-order valence-electron chi connectivity index (χ3n) is 6.61. The molecule has 0 unspecified atom stereocenters. The largest absolute Gasteiger partial charge is 0.495 e. The van der Waals surface area contributed by atoms with Gasteiger partial charge in [0.1, 0.15) is 33.4 Å². The Bertz CT molecular complexity index is 1710. The van der Waals surface area contributed by atoms with Gasteiger partial charge in [0, 0.05) is 29.0 Å². The second kappa shape index (κ2) is 10.5. The van der Waals surface area contributed by atoms with Crippen LogP contribution in [0.25, 0.3) is 10.9 Å². The number of anilines is 2.